The lowest BCUT2D eigenvalue weighted by molar-refractivity contribution is -0.385. The molecule has 11 nitrogen and oxygen atoms in total. The van der Waals surface area contributed by atoms with E-state index in [-0.39, 0.29) is 30.5 Å². The van der Waals surface area contributed by atoms with Gasteiger partial charge in [0.2, 0.25) is 0 Å². The van der Waals surface area contributed by atoms with Crippen LogP contribution in [0.25, 0.3) is 0 Å². The molecule has 3 rings (SSSR count). The molecule has 0 heterocycles. The number of hydrogen-bond acceptors (Lipinski definition) is 9. The minimum atomic E-state index is -1.07. The van der Waals surface area contributed by atoms with E-state index in [1.807, 2.05) is 43.0 Å². The first-order valence-electron chi connectivity index (χ1n) is 13.1. The molecule has 0 radical (unpaired) electrons. The van der Waals surface area contributed by atoms with Crippen LogP contribution >= 0.6 is 0 Å². The van der Waals surface area contributed by atoms with Gasteiger partial charge < -0.3 is 19.7 Å². The van der Waals surface area contributed by atoms with E-state index in [0.717, 1.165) is 11.3 Å². The predicted octanol–water partition coefficient (Wildman–Crippen LogP) is 4.62. The van der Waals surface area contributed by atoms with E-state index in [2.05, 4.69) is 0 Å². The topological polar surface area (TPSA) is 148 Å². The summed E-state index contributed by atoms with van der Waals surface area (Å²) in [5, 5.41) is 44.4. The average molecular weight is 554 g/mol. The zero-order valence-corrected chi connectivity index (χ0v) is 22.6. The lowest BCUT2D eigenvalue weighted by atomic mass is 10.0. The van der Waals surface area contributed by atoms with Crippen LogP contribution in [-0.4, -0.2) is 63.9 Å². The van der Waals surface area contributed by atoms with Crippen molar-refractivity contribution in [2.75, 3.05) is 32.9 Å². The summed E-state index contributed by atoms with van der Waals surface area (Å²) in [6.45, 7) is 5.60. The summed E-state index contributed by atoms with van der Waals surface area (Å²) in [6.07, 6.45) is -1.57. The molecule has 0 saturated carbocycles. The highest BCUT2D eigenvalue weighted by Crippen LogP contribution is 2.25. The van der Waals surface area contributed by atoms with Crippen LogP contribution in [0.15, 0.2) is 72.8 Å². The number of rotatable bonds is 16. The number of aliphatic hydroxyl groups is 2. The van der Waals surface area contributed by atoms with E-state index < -0.39 is 22.1 Å². The van der Waals surface area contributed by atoms with Crippen molar-refractivity contribution in [3.8, 4) is 5.75 Å². The zero-order valence-electron chi connectivity index (χ0n) is 22.6. The lowest BCUT2D eigenvalue weighted by Crippen LogP contribution is -2.40. The molecule has 0 saturated heterocycles. The van der Waals surface area contributed by atoms with Crippen LogP contribution in [0.4, 0.5) is 11.4 Å². The molecule has 3 aromatic rings. The molecule has 0 bridgehead atoms. The molecule has 0 spiro atoms. The Morgan fingerprint density at radius 1 is 0.825 bits per heavy atom. The van der Waals surface area contributed by atoms with Gasteiger partial charge in [0.05, 0.1) is 28.7 Å². The fourth-order valence-corrected chi connectivity index (χ4v) is 4.34. The fourth-order valence-electron chi connectivity index (χ4n) is 4.34. The van der Waals surface area contributed by atoms with E-state index in [4.69, 9.17) is 9.47 Å². The molecular weight excluding hydrogens is 518 g/mol. The summed E-state index contributed by atoms with van der Waals surface area (Å²) in [4.78, 5) is 23.3. The van der Waals surface area contributed by atoms with Gasteiger partial charge in [-0.15, -0.1) is 0 Å². The Kier molecular flexibility index (Phi) is 11.5. The van der Waals surface area contributed by atoms with Crippen molar-refractivity contribution in [3.05, 3.63) is 110 Å². The summed E-state index contributed by atoms with van der Waals surface area (Å²) in [5.41, 5.74) is 1.51. The zero-order chi connectivity index (χ0) is 29.1. The summed E-state index contributed by atoms with van der Waals surface area (Å²) < 4.78 is 11.0. The SMILES string of the molecule is CCOCCOc1ccc(C[C@@H](C)N(C[C@H](O)c2cccc([N+](=O)[O-])c2)C[C@H](O)c2cccc([N+](=O)[O-])c2)cc1. The second kappa shape index (κ2) is 15.0. The second-order valence-electron chi connectivity index (χ2n) is 9.43. The first kappa shape index (κ1) is 30.6. The van der Waals surface area contributed by atoms with Gasteiger partial charge in [-0.3, -0.25) is 25.1 Å². The molecule has 0 aliphatic carbocycles. The molecular formula is C29H35N3O8. The number of nitro groups is 2. The summed E-state index contributed by atoms with van der Waals surface area (Å²) in [6, 6.07) is 19.1. The molecule has 0 fully saturated rings. The summed E-state index contributed by atoms with van der Waals surface area (Å²) in [5.74, 6) is 0.718. The van der Waals surface area contributed by atoms with Crippen LogP contribution in [0.5, 0.6) is 5.75 Å². The molecule has 11 heteroatoms. The first-order valence-corrected chi connectivity index (χ1v) is 13.1. The minimum absolute atomic E-state index is 0.0763. The third-order valence-corrected chi connectivity index (χ3v) is 6.52. The van der Waals surface area contributed by atoms with E-state index >= 15 is 0 Å². The van der Waals surface area contributed by atoms with Crippen molar-refractivity contribution in [1.29, 1.82) is 0 Å². The van der Waals surface area contributed by atoms with Gasteiger partial charge in [0.25, 0.3) is 11.4 Å². The molecule has 0 aromatic heterocycles. The van der Waals surface area contributed by atoms with Gasteiger partial charge >= 0.3 is 0 Å². The Morgan fingerprint density at radius 2 is 1.35 bits per heavy atom. The van der Waals surface area contributed by atoms with Crippen LogP contribution in [0, 0.1) is 20.2 Å². The largest absolute Gasteiger partial charge is 0.491 e. The van der Waals surface area contributed by atoms with Crippen LogP contribution in [0.3, 0.4) is 0 Å². The van der Waals surface area contributed by atoms with Gasteiger partial charge in [0.1, 0.15) is 12.4 Å². The van der Waals surface area contributed by atoms with Crippen molar-refractivity contribution in [2.45, 2.75) is 38.5 Å². The van der Waals surface area contributed by atoms with Crippen molar-refractivity contribution in [2.24, 2.45) is 0 Å². The molecule has 0 amide bonds. The van der Waals surface area contributed by atoms with Gasteiger partial charge in [-0.2, -0.15) is 0 Å². The fraction of sp³-hybridized carbons (Fsp3) is 0.379. The van der Waals surface area contributed by atoms with E-state index in [0.29, 0.717) is 37.4 Å². The van der Waals surface area contributed by atoms with Crippen LogP contribution in [-0.2, 0) is 11.2 Å². The smallest absolute Gasteiger partial charge is 0.269 e. The number of ether oxygens (including phenoxy) is 2. The van der Waals surface area contributed by atoms with Crippen LogP contribution < -0.4 is 4.74 Å². The highest BCUT2D eigenvalue weighted by Gasteiger charge is 2.24. The van der Waals surface area contributed by atoms with Gasteiger partial charge in [0, 0.05) is 50.0 Å². The van der Waals surface area contributed by atoms with Gasteiger partial charge in [-0.05, 0) is 49.1 Å². The maximum absolute atomic E-state index is 11.2. The van der Waals surface area contributed by atoms with Crippen LogP contribution in [0.1, 0.15) is 42.7 Å². The highest BCUT2D eigenvalue weighted by atomic mass is 16.6. The maximum Gasteiger partial charge on any atom is 0.269 e. The quantitative estimate of drug-likeness (QED) is 0.147. The third kappa shape index (κ3) is 9.09. The summed E-state index contributed by atoms with van der Waals surface area (Å²) in [7, 11) is 0. The van der Waals surface area contributed by atoms with Gasteiger partial charge in [-0.25, -0.2) is 0 Å². The molecule has 40 heavy (non-hydrogen) atoms. The molecule has 214 valence electrons. The normalized spacial score (nSPS) is 13.5. The first-order chi connectivity index (χ1) is 19.2. The number of nitrogens with zero attached hydrogens (tertiary/aromatic N) is 3. The third-order valence-electron chi connectivity index (χ3n) is 6.52. The van der Waals surface area contributed by atoms with Gasteiger partial charge in [-0.1, -0.05) is 36.4 Å². The summed E-state index contributed by atoms with van der Waals surface area (Å²) >= 11 is 0. The molecule has 0 aliphatic heterocycles. The highest BCUT2D eigenvalue weighted by molar-refractivity contribution is 5.36. The molecule has 0 unspecified atom stereocenters. The van der Waals surface area contributed by atoms with E-state index in [1.54, 1.807) is 12.1 Å². The molecule has 3 atom stereocenters. The monoisotopic (exact) mass is 553 g/mol. The van der Waals surface area contributed by atoms with Crippen molar-refractivity contribution in [1.82, 2.24) is 4.90 Å². The predicted molar refractivity (Wildman–Crippen MR) is 149 cm³/mol. The Morgan fingerprint density at radius 3 is 1.82 bits per heavy atom. The standard InChI is InChI=1S/C29H35N3O8/c1-3-39-14-15-40-27-12-10-22(11-13-27)16-21(2)30(19-28(33)23-6-4-8-25(17-23)31(35)36)20-29(34)24-7-5-9-26(18-24)32(37)38/h4-13,17-18,21,28-29,33-34H,3,14-16,19-20H2,1-2H3/t21-,28+,29+/m1/s1. The van der Waals surface area contributed by atoms with E-state index in [9.17, 15) is 30.4 Å². The van der Waals surface area contributed by atoms with Crippen molar-refractivity contribution >= 4 is 11.4 Å². The van der Waals surface area contributed by atoms with Crippen LogP contribution in [0.2, 0.25) is 0 Å². The Bertz CT molecular complexity index is 1190. The Balaban J connectivity index is 1.77. The minimum Gasteiger partial charge on any atom is -0.491 e. The lowest BCUT2D eigenvalue weighted by Gasteiger charge is -2.33. The number of nitro benzene ring substituents is 2. The molecule has 0 aliphatic rings. The Hall–Kier alpha value is -3.90. The van der Waals surface area contributed by atoms with Crippen molar-refractivity contribution in [3.63, 3.8) is 0 Å². The maximum atomic E-state index is 11.2. The number of aliphatic hydroxyl groups excluding tert-OH is 2. The number of hydrogen-bond donors (Lipinski definition) is 2. The van der Waals surface area contributed by atoms with Gasteiger partial charge in [0.15, 0.2) is 0 Å². The average Bonchev–Trinajstić information content (AvgIpc) is 2.95. The Labute approximate surface area is 232 Å². The molecule has 2 N–H and O–H groups in total. The second-order valence-corrected chi connectivity index (χ2v) is 9.43. The van der Waals surface area contributed by atoms with Crippen molar-refractivity contribution < 1.29 is 29.5 Å². The van der Waals surface area contributed by atoms with E-state index in [1.165, 1.54) is 36.4 Å². The molecule has 3 aromatic carbocycles. The number of benzene rings is 3. The number of non-ortho nitro benzene ring substituents is 2.